The Balaban J connectivity index is 1.41. The fourth-order valence-electron chi connectivity index (χ4n) is 4.65. The number of aromatic nitrogens is 3. The summed E-state index contributed by atoms with van der Waals surface area (Å²) in [4.78, 5) is 0. The lowest BCUT2D eigenvalue weighted by molar-refractivity contribution is 0.450. The van der Waals surface area contributed by atoms with Gasteiger partial charge < -0.3 is 0 Å². The lowest BCUT2D eigenvalue weighted by atomic mass is 10.0. The van der Waals surface area contributed by atoms with Gasteiger partial charge in [0, 0.05) is 5.75 Å². The fraction of sp³-hybridized carbons (Fsp3) is 0.667. The van der Waals surface area contributed by atoms with Gasteiger partial charge in [-0.15, -0.1) is 10.2 Å². The molecule has 1 atom stereocenters. The van der Waals surface area contributed by atoms with Crippen molar-refractivity contribution in [2.24, 2.45) is 5.10 Å². The smallest absolute Gasteiger partial charge is 0.275 e. The molecular formula is C27H42N4O3S2. The van der Waals surface area contributed by atoms with Gasteiger partial charge in [0.05, 0.1) is 5.71 Å². The topological polar surface area (TPSA) is 97.4 Å². The molecule has 0 amide bonds. The first-order chi connectivity index (χ1) is 17.5. The molecule has 0 spiro atoms. The minimum Gasteiger partial charge on any atom is -0.285 e. The minimum absolute atomic E-state index is 0.197. The predicted octanol–water partition coefficient (Wildman–Crippen LogP) is 7.44. The number of fused-ring (bicyclic) bond motifs is 1. The van der Waals surface area contributed by atoms with E-state index >= 15 is 0 Å². The maximum absolute atomic E-state index is 12.3. The molecule has 1 unspecified atom stereocenters. The van der Waals surface area contributed by atoms with Gasteiger partial charge in [0.2, 0.25) is 5.16 Å². The molecular weight excluding hydrogens is 492 g/mol. The highest BCUT2D eigenvalue weighted by Crippen LogP contribution is 2.32. The van der Waals surface area contributed by atoms with Crippen LogP contribution < -0.4 is 0 Å². The number of nitrogens with zero attached hydrogens (tertiary/aromatic N) is 4. The molecule has 36 heavy (non-hydrogen) atoms. The van der Waals surface area contributed by atoms with Crippen LogP contribution in [0, 0.1) is 0 Å². The van der Waals surface area contributed by atoms with Crippen molar-refractivity contribution in [2.75, 3.05) is 5.75 Å². The molecule has 2 heterocycles. The number of hydrogen-bond donors (Lipinski definition) is 1. The number of rotatable bonds is 18. The van der Waals surface area contributed by atoms with Gasteiger partial charge in [-0.05, 0) is 12.0 Å². The van der Waals surface area contributed by atoms with E-state index in [2.05, 4.69) is 22.2 Å². The second-order valence-corrected chi connectivity index (χ2v) is 12.3. The quantitative estimate of drug-likeness (QED) is 0.158. The Kier molecular flexibility index (Phi) is 12.4. The zero-order valence-electron chi connectivity index (χ0n) is 21.6. The normalized spacial score (nSPS) is 14.4. The Labute approximate surface area is 221 Å². The fourth-order valence-corrected chi connectivity index (χ4v) is 6.37. The Morgan fingerprint density at radius 2 is 1.42 bits per heavy atom. The molecule has 0 radical (unpaired) electrons. The highest BCUT2D eigenvalue weighted by molar-refractivity contribution is 7.99. The van der Waals surface area contributed by atoms with Crippen LogP contribution >= 0.6 is 11.8 Å². The van der Waals surface area contributed by atoms with Crippen LogP contribution in [0.25, 0.3) is 0 Å². The number of unbranched alkanes of at least 4 members (excludes halogenated alkanes) is 13. The van der Waals surface area contributed by atoms with E-state index in [0.29, 0.717) is 23.8 Å². The SMILES string of the molecule is CCCCCCCCCCCCCCCCC(c1nnc2n1N=C(c1ccccc1)CS2)S(=O)(=O)O. The van der Waals surface area contributed by atoms with Gasteiger partial charge in [-0.3, -0.25) is 4.55 Å². The average Bonchev–Trinajstić information content (AvgIpc) is 3.29. The van der Waals surface area contributed by atoms with Crippen LogP contribution in [0.3, 0.4) is 0 Å². The largest absolute Gasteiger partial charge is 0.285 e. The van der Waals surface area contributed by atoms with Gasteiger partial charge in [-0.2, -0.15) is 18.2 Å². The maximum Gasteiger partial charge on any atom is 0.275 e. The first kappa shape index (κ1) is 28.9. The summed E-state index contributed by atoms with van der Waals surface area (Å²) in [6.45, 7) is 2.26. The third-order valence-electron chi connectivity index (χ3n) is 6.77. The zero-order chi connectivity index (χ0) is 25.6. The van der Waals surface area contributed by atoms with E-state index in [9.17, 15) is 13.0 Å². The van der Waals surface area contributed by atoms with Crippen LogP contribution in [0.4, 0.5) is 0 Å². The van der Waals surface area contributed by atoms with Crippen LogP contribution in [-0.4, -0.2) is 39.3 Å². The average molecular weight is 535 g/mol. The molecule has 3 rings (SSSR count). The van der Waals surface area contributed by atoms with Crippen molar-refractivity contribution in [1.82, 2.24) is 14.9 Å². The summed E-state index contributed by atoms with van der Waals surface area (Å²) >= 11 is 1.47. The van der Waals surface area contributed by atoms with E-state index in [4.69, 9.17) is 0 Å². The Morgan fingerprint density at radius 1 is 0.861 bits per heavy atom. The van der Waals surface area contributed by atoms with Crippen molar-refractivity contribution >= 4 is 27.6 Å². The molecule has 1 N–H and O–H groups in total. The van der Waals surface area contributed by atoms with E-state index in [1.165, 1.54) is 87.1 Å². The summed E-state index contributed by atoms with van der Waals surface area (Å²) in [6.07, 6.45) is 17.6. The van der Waals surface area contributed by atoms with Gasteiger partial charge in [0.15, 0.2) is 5.82 Å². The predicted molar refractivity (Wildman–Crippen MR) is 148 cm³/mol. The van der Waals surface area contributed by atoms with E-state index in [-0.39, 0.29) is 5.82 Å². The van der Waals surface area contributed by atoms with Crippen LogP contribution in [0.2, 0.25) is 0 Å². The first-order valence-corrected chi connectivity index (χ1v) is 16.2. The van der Waals surface area contributed by atoms with Crippen molar-refractivity contribution < 1.29 is 13.0 Å². The van der Waals surface area contributed by atoms with Crippen LogP contribution in [-0.2, 0) is 10.1 Å². The van der Waals surface area contributed by atoms with E-state index in [1.54, 1.807) is 0 Å². The molecule has 2 aromatic rings. The molecule has 1 aromatic heterocycles. The minimum atomic E-state index is -4.32. The van der Waals surface area contributed by atoms with Gasteiger partial charge >= 0.3 is 0 Å². The van der Waals surface area contributed by atoms with Crippen molar-refractivity contribution in [1.29, 1.82) is 0 Å². The highest BCUT2D eigenvalue weighted by atomic mass is 32.2. The third-order valence-corrected chi connectivity index (χ3v) is 8.87. The summed E-state index contributed by atoms with van der Waals surface area (Å²) < 4.78 is 36.0. The standard InChI is InChI=1S/C27H42N4O3S2/c1-2-3-4-5-6-7-8-9-10-11-12-13-14-18-21-25(36(32,33)34)26-28-29-27-31(26)30-24(22-35-27)23-19-16-15-17-20-23/h15-17,19-20,25H,2-14,18,21-22H2,1H3,(H,32,33,34). The molecule has 0 saturated carbocycles. The summed E-state index contributed by atoms with van der Waals surface area (Å²) in [5.74, 6) is 0.834. The third kappa shape index (κ3) is 9.30. The Morgan fingerprint density at radius 3 is 1.97 bits per heavy atom. The molecule has 0 fully saturated rings. The van der Waals surface area contributed by atoms with E-state index in [1.807, 2.05) is 30.3 Å². The van der Waals surface area contributed by atoms with Crippen molar-refractivity contribution in [3.8, 4) is 0 Å². The van der Waals surface area contributed by atoms with Crippen molar-refractivity contribution in [3.63, 3.8) is 0 Å². The van der Waals surface area contributed by atoms with Crippen LogP contribution in [0.1, 0.15) is 120 Å². The van der Waals surface area contributed by atoms with Crippen molar-refractivity contribution in [2.45, 2.75) is 114 Å². The van der Waals surface area contributed by atoms with Gasteiger partial charge in [0.25, 0.3) is 10.1 Å². The second kappa shape index (κ2) is 15.5. The Bertz CT molecular complexity index is 1040. The lowest BCUT2D eigenvalue weighted by Crippen LogP contribution is -2.20. The van der Waals surface area contributed by atoms with Gasteiger partial charge in [0.1, 0.15) is 5.25 Å². The molecule has 7 nitrogen and oxygen atoms in total. The summed E-state index contributed by atoms with van der Waals surface area (Å²) in [5, 5.41) is 12.3. The summed E-state index contributed by atoms with van der Waals surface area (Å²) in [6, 6.07) is 9.79. The number of benzene rings is 1. The molecule has 1 aromatic carbocycles. The number of hydrogen-bond acceptors (Lipinski definition) is 6. The zero-order valence-corrected chi connectivity index (χ0v) is 23.3. The first-order valence-electron chi connectivity index (χ1n) is 13.7. The molecule has 1 aliphatic heterocycles. The highest BCUT2D eigenvalue weighted by Gasteiger charge is 2.33. The van der Waals surface area contributed by atoms with Crippen molar-refractivity contribution in [3.05, 3.63) is 41.7 Å². The summed E-state index contributed by atoms with van der Waals surface area (Å²) in [7, 11) is -4.32. The van der Waals surface area contributed by atoms with E-state index in [0.717, 1.165) is 24.1 Å². The van der Waals surface area contributed by atoms with E-state index < -0.39 is 15.4 Å². The number of thioether (sulfide) groups is 1. The molecule has 9 heteroatoms. The molecule has 0 aliphatic carbocycles. The molecule has 0 bridgehead atoms. The monoisotopic (exact) mass is 534 g/mol. The van der Waals surface area contributed by atoms with Gasteiger partial charge in [-0.25, -0.2) is 0 Å². The van der Waals surface area contributed by atoms with Crippen LogP contribution in [0.15, 0.2) is 40.6 Å². The summed E-state index contributed by atoms with van der Waals surface area (Å²) in [5.41, 5.74) is 1.81. The van der Waals surface area contributed by atoms with Crippen LogP contribution in [0.5, 0.6) is 0 Å². The molecule has 1 aliphatic rings. The molecule has 0 saturated heterocycles. The molecule has 200 valence electrons. The Hall–Kier alpha value is -1.71. The second-order valence-electron chi connectivity index (χ2n) is 9.74. The van der Waals surface area contributed by atoms with Gasteiger partial charge in [-0.1, -0.05) is 139 Å². The lowest BCUT2D eigenvalue weighted by Gasteiger charge is -2.17. The maximum atomic E-state index is 12.3.